The van der Waals surface area contributed by atoms with Crippen molar-refractivity contribution in [2.24, 2.45) is 10.9 Å². The quantitative estimate of drug-likeness (QED) is 0.249. The Kier molecular flexibility index (Phi) is 13.1. The lowest BCUT2D eigenvalue weighted by atomic mass is 9.95. The van der Waals surface area contributed by atoms with Crippen LogP contribution in [0.3, 0.4) is 0 Å². The molecule has 2 heterocycles. The lowest BCUT2D eigenvalue weighted by Crippen LogP contribution is -2.49. The van der Waals surface area contributed by atoms with Gasteiger partial charge < -0.3 is 14.5 Å². The number of carbonyl (C=O) groups is 1. The van der Waals surface area contributed by atoms with Crippen molar-refractivity contribution in [2.45, 2.75) is 93.1 Å². The second-order valence-electron chi connectivity index (χ2n) is 11.4. The number of hydrogen-bond acceptors (Lipinski definition) is 6. The van der Waals surface area contributed by atoms with Crippen molar-refractivity contribution in [3.8, 4) is 6.07 Å². The highest BCUT2D eigenvalue weighted by Crippen LogP contribution is 2.41. The molecule has 1 amide bonds. The molecule has 2 aliphatic rings. The van der Waals surface area contributed by atoms with Gasteiger partial charge in [-0.3, -0.25) is 9.98 Å². The number of aryl methyl sites for hydroxylation is 1. The van der Waals surface area contributed by atoms with E-state index in [-0.39, 0.29) is 6.09 Å². The Morgan fingerprint density at radius 3 is 2.33 bits per heavy atom. The number of amides is 1. The molecule has 40 heavy (non-hydrogen) atoms. The first-order chi connectivity index (χ1) is 19.0. The Bertz CT molecular complexity index is 1140. The van der Waals surface area contributed by atoms with Gasteiger partial charge in [-0.25, -0.2) is 4.79 Å². The molecule has 0 spiro atoms. The van der Waals surface area contributed by atoms with E-state index >= 15 is 0 Å². The first-order valence-electron chi connectivity index (χ1n) is 14.7. The zero-order valence-electron chi connectivity index (χ0n) is 26.0. The summed E-state index contributed by atoms with van der Waals surface area (Å²) in [6.45, 7) is 19.4. The number of nitriles is 1. The fraction of sp³-hybridized carbons (Fsp3) is 0.576. The number of aromatic nitrogens is 1. The Morgan fingerprint density at radius 1 is 1.15 bits per heavy atom. The van der Waals surface area contributed by atoms with E-state index in [1.165, 1.54) is 29.7 Å². The molecule has 0 bridgehead atoms. The molecular weight excluding hydrogens is 498 g/mol. The van der Waals surface area contributed by atoms with Gasteiger partial charge in [0.25, 0.3) is 0 Å². The van der Waals surface area contributed by atoms with E-state index in [0.717, 1.165) is 43.6 Å². The summed E-state index contributed by atoms with van der Waals surface area (Å²) in [7, 11) is 0. The number of aliphatic imine (C=N–C) groups is 1. The first kappa shape index (κ1) is 32.8. The largest absolute Gasteiger partial charge is 0.444 e. The molecule has 1 aromatic heterocycles. The second kappa shape index (κ2) is 16.0. The van der Waals surface area contributed by atoms with E-state index in [1.54, 1.807) is 6.20 Å². The fourth-order valence-corrected chi connectivity index (χ4v) is 4.68. The first-order valence-corrected chi connectivity index (χ1v) is 14.7. The van der Waals surface area contributed by atoms with Crippen LogP contribution in [0, 0.1) is 17.2 Å². The number of carbonyl (C=O) groups excluding carboxylic acids is 1. The monoisotopic (exact) mass is 547 g/mol. The molecule has 218 valence electrons. The van der Waals surface area contributed by atoms with E-state index in [9.17, 15) is 4.79 Å². The molecule has 1 aliphatic heterocycles. The molecular formula is C33H49N5O2. The predicted molar refractivity (Wildman–Crippen MR) is 164 cm³/mol. The van der Waals surface area contributed by atoms with Crippen LogP contribution in [0.1, 0.15) is 92.2 Å². The van der Waals surface area contributed by atoms with Gasteiger partial charge in [0.15, 0.2) is 0 Å². The molecule has 3 rings (SSSR count). The average Bonchev–Trinajstić information content (AvgIpc) is 3.76. The Morgan fingerprint density at radius 2 is 1.80 bits per heavy atom. The Hall–Kier alpha value is -3.40. The molecule has 0 N–H and O–H groups in total. The maximum Gasteiger partial charge on any atom is 0.410 e. The van der Waals surface area contributed by atoms with Crippen LogP contribution in [0.5, 0.6) is 0 Å². The van der Waals surface area contributed by atoms with Crippen molar-refractivity contribution in [3.63, 3.8) is 0 Å². The van der Waals surface area contributed by atoms with Gasteiger partial charge in [0, 0.05) is 61.8 Å². The molecule has 1 aromatic rings. The van der Waals surface area contributed by atoms with Crippen LogP contribution in [0.15, 0.2) is 58.6 Å². The number of ether oxygens (including phenoxy) is 1. The van der Waals surface area contributed by atoms with Crippen molar-refractivity contribution >= 4 is 11.8 Å². The van der Waals surface area contributed by atoms with Crippen molar-refractivity contribution in [3.05, 3.63) is 64.8 Å². The summed E-state index contributed by atoms with van der Waals surface area (Å²) < 4.78 is 5.53. The summed E-state index contributed by atoms with van der Waals surface area (Å²) in [6, 6.07) is 3.95. The van der Waals surface area contributed by atoms with Gasteiger partial charge in [0.05, 0.1) is 5.56 Å². The number of nitrogens with zero attached hydrogens (tertiary/aromatic N) is 5. The highest BCUT2D eigenvalue weighted by Gasteiger charge is 2.32. The zero-order chi connectivity index (χ0) is 29.7. The molecule has 0 aromatic carbocycles. The zero-order valence-corrected chi connectivity index (χ0v) is 26.0. The standard InChI is InChI=1S/C24H39N3O2.C9H10N2/c1-8-10-13-25-18(3)22(21(9-2)20-11-12-20)19(4)26-14-16-27(17-15-26)23(28)29-24(5,6)7;1-2-3-8-4-9(5-10)7-11-6-8/h9-10,13,20H,8,11-12,14-17H2,1-7H3;4,6-7H,2-3H2,1H3/b13-10+,21-9-,22-19-,25-18+;. The van der Waals surface area contributed by atoms with Crippen LogP contribution in [-0.4, -0.2) is 58.4 Å². The number of allylic oxidation sites excluding steroid dienone is 5. The number of hydrogen-bond donors (Lipinski definition) is 0. The third-order valence-electron chi connectivity index (χ3n) is 6.82. The van der Waals surface area contributed by atoms with Crippen LogP contribution in [0.2, 0.25) is 0 Å². The summed E-state index contributed by atoms with van der Waals surface area (Å²) in [6.07, 6.45) is 15.1. The van der Waals surface area contributed by atoms with Crippen LogP contribution in [-0.2, 0) is 11.2 Å². The Balaban J connectivity index is 0.000000425. The molecule has 1 saturated heterocycles. The van der Waals surface area contributed by atoms with Crippen molar-refractivity contribution in [1.82, 2.24) is 14.8 Å². The van der Waals surface area contributed by atoms with E-state index in [4.69, 9.17) is 15.0 Å². The normalized spacial score (nSPS) is 17.2. The molecule has 0 atom stereocenters. The second-order valence-corrected chi connectivity index (χ2v) is 11.4. The van der Waals surface area contributed by atoms with Gasteiger partial charge in [0.1, 0.15) is 11.7 Å². The predicted octanol–water partition coefficient (Wildman–Crippen LogP) is 7.46. The van der Waals surface area contributed by atoms with Gasteiger partial charge in [-0.2, -0.15) is 5.26 Å². The number of rotatable bonds is 8. The highest BCUT2D eigenvalue weighted by atomic mass is 16.6. The highest BCUT2D eigenvalue weighted by molar-refractivity contribution is 6.03. The van der Waals surface area contributed by atoms with Gasteiger partial charge in [-0.15, -0.1) is 0 Å². The summed E-state index contributed by atoms with van der Waals surface area (Å²) in [5.41, 5.74) is 6.37. The van der Waals surface area contributed by atoms with Gasteiger partial charge in [-0.05, 0) is 90.3 Å². The van der Waals surface area contributed by atoms with Crippen molar-refractivity contribution in [1.29, 1.82) is 5.26 Å². The minimum absolute atomic E-state index is 0.214. The molecule has 7 heteroatoms. The number of piperazine rings is 1. The van der Waals surface area contributed by atoms with E-state index in [1.807, 2.05) is 44.1 Å². The Labute approximate surface area is 242 Å². The summed E-state index contributed by atoms with van der Waals surface area (Å²) in [5, 5.41) is 8.54. The molecule has 2 fully saturated rings. The SMILES string of the molecule is CCCc1cncc(C#N)c1.C\C=C(C(/C(C)=N/C=C/CC)=C(/C)N1CCN(C(=O)OC(C)(C)C)CC1)\C1CC1. The maximum atomic E-state index is 12.4. The summed E-state index contributed by atoms with van der Waals surface area (Å²) in [5.74, 6) is 0.660. The molecule has 1 aliphatic carbocycles. The molecule has 1 saturated carbocycles. The van der Waals surface area contributed by atoms with Crippen LogP contribution in [0.25, 0.3) is 0 Å². The fourth-order valence-electron chi connectivity index (χ4n) is 4.68. The lowest BCUT2D eigenvalue weighted by molar-refractivity contribution is 0.0168. The third-order valence-corrected chi connectivity index (χ3v) is 6.82. The maximum absolute atomic E-state index is 12.4. The van der Waals surface area contributed by atoms with Crippen LogP contribution < -0.4 is 0 Å². The summed E-state index contributed by atoms with van der Waals surface area (Å²) in [4.78, 5) is 25.2. The van der Waals surface area contributed by atoms with E-state index in [0.29, 0.717) is 24.6 Å². The summed E-state index contributed by atoms with van der Waals surface area (Å²) >= 11 is 0. The van der Waals surface area contributed by atoms with Gasteiger partial charge in [-0.1, -0.05) is 32.4 Å². The minimum Gasteiger partial charge on any atom is -0.444 e. The van der Waals surface area contributed by atoms with Crippen LogP contribution >= 0.6 is 0 Å². The molecule has 0 radical (unpaired) electrons. The molecule has 0 unspecified atom stereocenters. The third kappa shape index (κ3) is 10.6. The van der Waals surface area contributed by atoms with Crippen LogP contribution in [0.4, 0.5) is 4.79 Å². The lowest BCUT2D eigenvalue weighted by Gasteiger charge is -2.38. The molecule has 7 nitrogen and oxygen atoms in total. The van der Waals surface area contributed by atoms with Gasteiger partial charge >= 0.3 is 6.09 Å². The minimum atomic E-state index is -0.456. The smallest absolute Gasteiger partial charge is 0.410 e. The van der Waals surface area contributed by atoms with E-state index in [2.05, 4.69) is 62.7 Å². The topological polar surface area (TPSA) is 81.8 Å². The van der Waals surface area contributed by atoms with Crippen molar-refractivity contribution in [2.75, 3.05) is 26.2 Å². The van der Waals surface area contributed by atoms with Crippen molar-refractivity contribution < 1.29 is 9.53 Å². The number of pyridine rings is 1. The van der Waals surface area contributed by atoms with E-state index < -0.39 is 5.60 Å². The van der Waals surface area contributed by atoms with Gasteiger partial charge in [0.2, 0.25) is 0 Å². The average molecular weight is 548 g/mol.